The maximum atomic E-state index is 9.55. The van der Waals surface area contributed by atoms with Crippen molar-refractivity contribution in [1.29, 1.82) is 0 Å². The Balaban J connectivity index is 0.000000343. The maximum Gasteiger partial charge on any atom is 0.328 e. The van der Waals surface area contributed by atoms with Crippen molar-refractivity contribution < 1.29 is 19.8 Å². The van der Waals surface area contributed by atoms with Crippen LogP contribution in [0.3, 0.4) is 0 Å². The second kappa shape index (κ2) is 12.0. The van der Waals surface area contributed by atoms with Crippen LogP contribution in [0.5, 0.6) is 0 Å². The van der Waals surface area contributed by atoms with Crippen LogP contribution >= 0.6 is 0 Å². The van der Waals surface area contributed by atoms with Gasteiger partial charge in [0, 0.05) is 42.9 Å². The molecule has 1 aliphatic heterocycles. The number of carbonyl (C=O) groups is 2. The third-order valence-electron chi connectivity index (χ3n) is 4.88. The average molecular weight is 414 g/mol. The number of hydrogen-bond donors (Lipinski definition) is 3. The summed E-state index contributed by atoms with van der Waals surface area (Å²) in [5.74, 6) is -1.82. The number of carboxylic acid groups (broad SMARTS) is 2. The number of aliphatic carboxylic acids is 2. The number of aromatic nitrogens is 1. The van der Waals surface area contributed by atoms with Gasteiger partial charge in [0.15, 0.2) is 0 Å². The van der Waals surface area contributed by atoms with Gasteiger partial charge in [-0.05, 0) is 43.5 Å². The van der Waals surface area contributed by atoms with Crippen LogP contribution in [-0.2, 0) is 16.1 Å². The van der Waals surface area contributed by atoms with Crippen molar-refractivity contribution in [2.45, 2.75) is 39.3 Å². The summed E-state index contributed by atoms with van der Waals surface area (Å²) in [4.78, 5) is 26.4. The number of piperidine rings is 1. The van der Waals surface area contributed by atoms with Crippen LogP contribution in [0, 0.1) is 5.92 Å². The number of nitrogens with zero attached hydrogens (tertiary/aromatic N) is 2. The maximum absolute atomic E-state index is 9.55. The molecular formula is C23H31N3O4. The standard InChI is InChI=1S/C19H27N3.C4H4O4/c1-15(2)13-22(18-8-11-20-12-9-18)14-17-6-3-5-16-7-4-10-21-19(16)17;5-3(6)1-2-4(7)8/h3-7,10,15,18,20H,8-9,11-14H2,1-2H3;1-2H,(H,5,6)(H,7,8)/b;2-1+. The summed E-state index contributed by atoms with van der Waals surface area (Å²) in [7, 11) is 0. The van der Waals surface area contributed by atoms with Gasteiger partial charge in [0.1, 0.15) is 0 Å². The zero-order valence-corrected chi connectivity index (χ0v) is 17.6. The predicted octanol–water partition coefficient (Wildman–Crippen LogP) is 3.16. The van der Waals surface area contributed by atoms with Gasteiger partial charge in [0.05, 0.1) is 5.52 Å². The van der Waals surface area contributed by atoms with Gasteiger partial charge in [-0.15, -0.1) is 0 Å². The van der Waals surface area contributed by atoms with Crippen LogP contribution in [0.25, 0.3) is 10.9 Å². The lowest BCUT2D eigenvalue weighted by atomic mass is 10.0. The van der Waals surface area contributed by atoms with Gasteiger partial charge in [0.25, 0.3) is 0 Å². The molecule has 1 fully saturated rings. The number of para-hydroxylation sites is 1. The summed E-state index contributed by atoms with van der Waals surface area (Å²) in [5, 5.41) is 20.3. The van der Waals surface area contributed by atoms with Crippen molar-refractivity contribution in [3.8, 4) is 0 Å². The van der Waals surface area contributed by atoms with Gasteiger partial charge >= 0.3 is 11.9 Å². The Morgan fingerprint density at radius 2 is 1.77 bits per heavy atom. The lowest BCUT2D eigenvalue weighted by Gasteiger charge is -2.36. The molecule has 0 aliphatic carbocycles. The van der Waals surface area contributed by atoms with E-state index >= 15 is 0 Å². The first kappa shape index (κ1) is 23.5. The lowest BCUT2D eigenvalue weighted by molar-refractivity contribution is -0.134. The summed E-state index contributed by atoms with van der Waals surface area (Å²) in [6.45, 7) is 9.09. The molecule has 1 saturated heterocycles. The predicted molar refractivity (Wildman–Crippen MR) is 117 cm³/mol. The molecule has 3 N–H and O–H groups in total. The Labute approximate surface area is 177 Å². The van der Waals surface area contributed by atoms with Gasteiger partial charge in [-0.3, -0.25) is 9.88 Å². The largest absolute Gasteiger partial charge is 0.478 e. The van der Waals surface area contributed by atoms with Crippen LogP contribution in [-0.4, -0.2) is 57.7 Å². The fourth-order valence-electron chi connectivity index (χ4n) is 3.64. The number of pyridine rings is 1. The molecule has 2 aromatic rings. The number of fused-ring (bicyclic) bond motifs is 1. The zero-order chi connectivity index (χ0) is 21.9. The van der Waals surface area contributed by atoms with Crippen LogP contribution in [0.1, 0.15) is 32.3 Å². The van der Waals surface area contributed by atoms with E-state index in [0.717, 1.165) is 31.7 Å². The molecule has 0 bridgehead atoms. The molecule has 2 heterocycles. The lowest BCUT2D eigenvalue weighted by Crippen LogP contribution is -2.44. The smallest absolute Gasteiger partial charge is 0.328 e. The number of rotatable bonds is 7. The van der Waals surface area contributed by atoms with Gasteiger partial charge in [-0.25, -0.2) is 9.59 Å². The molecule has 0 atom stereocenters. The normalized spacial score (nSPS) is 14.8. The van der Waals surface area contributed by atoms with Crippen molar-refractivity contribution in [2.75, 3.05) is 19.6 Å². The minimum absolute atomic E-state index is 0.558. The van der Waals surface area contributed by atoms with Crippen molar-refractivity contribution in [3.05, 3.63) is 54.2 Å². The van der Waals surface area contributed by atoms with E-state index in [1.807, 2.05) is 12.3 Å². The highest BCUT2D eigenvalue weighted by Crippen LogP contribution is 2.22. The molecule has 162 valence electrons. The summed E-state index contributed by atoms with van der Waals surface area (Å²) in [6, 6.07) is 11.4. The summed E-state index contributed by atoms with van der Waals surface area (Å²) >= 11 is 0. The van der Waals surface area contributed by atoms with E-state index < -0.39 is 11.9 Å². The topological polar surface area (TPSA) is 103 Å². The Kier molecular flexibility index (Phi) is 9.44. The molecule has 0 radical (unpaired) electrons. The van der Waals surface area contributed by atoms with E-state index in [1.54, 1.807) is 0 Å². The molecule has 0 saturated carbocycles. The molecule has 0 unspecified atom stereocenters. The SMILES string of the molecule is CC(C)CN(Cc1cccc2cccnc12)C1CCNCC1.O=C(O)/C=C/C(=O)O. The van der Waals surface area contributed by atoms with E-state index in [4.69, 9.17) is 10.2 Å². The molecular weight excluding hydrogens is 382 g/mol. The number of hydrogen-bond acceptors (Lipinski definition) is 5. The van der Waals surface area contributed by atoms with E-state index in [-0.39, 0.29) is 0 Å². The Morgan fingerprint density at radius 3 is 2.37 bits per heavy atom. The highest BCUT2D eigenvalue weighted by Gasteiger charge is 2.22. The first-order valence-electron chi connectivity index (χ1n) is 10.3. The van der Waals surface area contributed by atoms with Crippen LogP contribution in [0.4, 0.5) is 0 Å². The Hall–Kier alpha value is -2.77. The highest BCUT2D eigenvalue weighted by molar-refractivity contribution is 5.89. The van der Waals surface area contributed by atoms with Gasteiger partial charge in [-0.2, -0.15) is 0 Å². The average Bonchev–Trinajstić information content (AvgIpc) is 2.73. The number of nitrogens with one attached hydrogen (secondary N) is 1. The van der Waals surface area contributed by atoms with Crippen molar-refractivity contribution in [1.82, 2.24) is 15.2 Å². The number of carboxylic acids is 2. The second-order valence-corrected chi connectivity index (χ2v) is 7.81. The summed E-state index contributed by atoms with van der Waals surface area (Å²) in [6.07, 6.45) is 5.53. The minimum atomic E-state index is -1.26. The summed E-state index contributed by atoms with van der Waals surface area (Å²) < 4.78 is 0. The fourth-order valence-corrected chi connectivity index (χ4v) is 3.64. The van der Waals surface area contributed by atoms with E-state index in [1.165, 1.54) is 23.8 Å². The van der Waals surface area contributed by atoms with Crippen molar-refractivity contribution in [3.63, 3.8) is 0 Å². The van der Waals surface area contributed by atoms with E-state index in [2.05, 4.69) is 53.3 Å². The molecule has 30 heavy (non-hydrogen) atoms. The van der Waals surface area contributed by atoms with E-state index in [0.29, 0.717) is 24.1 Å². The van der Waals surface area contributed by atoms with Crippen LogP contribution < -0.4 is 5.32 Å². The number of benzene rings is 1. The highest BCUT2D eigenvalue weighted by atomic mass is 16.4. The Morgan fingerprint density at radius 1 is 1.13 bits per heavy atom. The second-order valence-electron chi connectivity index (χ2n) is 7.81. The molecule has 1 aromatic carbocycles. The fraction of sp³-hybridized carbons (Fsp3) is 0.435. The van der Waals surface area contributed by atoms with E-state index in [9.17, 15) is 9.59 Å². The molecule has 7 nitrogen and oxygen atoms in total. The van der Waals surface area contributed by atoms with Gasteiger partial charge in [-0.1, -0.05) is 38.1 Å². The first-order chi connectivity index (χ1) is 14.4. The Bertz CT molecular complexity index is 839. The minimum Gasteiger partial charge on any atom is -0.478 e. The zero-order valence-electron chi connectivity index (χ0n) is 17.6. The molecule has 7 heteroatoms. The molecule has 0 amide bonds. The monoisotopic (exact) mass is 413 g/mol. The third kappa shape index (κ3) is 7.93. The van der Waals surface area contributed by atoms with Gasteiger partial charge < -0.3 is 15.5 Å². The van der Waals surface area contributed by atoms with Crippen molar-refractivity contribution >= 4 is 22.8 Å². The van der Waals surface area contributed by atoms with Crippen LogP contribution in [0.15, 0.2) is 48.7 Å². The van der Waals surface area contributed by atoms with Crippen LogP contribution in [0.2, 0.25) is 0 Å². The molecule has 3 rings (SSSR count). The first-order valence-corrected chi connectivity index (χ1v) is 10.3. The van der Waals surface area contributed by atoms with Crippen molar-refractivity contribution in [2.24, 2.45) is 5.92 Å². The molecule has 1 aliphatic rings. The quantitative estimate of drug-likeness (QED) is 0.599. The summed E-state index contributed by atoms with van der Waals surface area (Å²) in [5.41, 5.74) is 2.52. The molecule has 1 aromatic heterocycles. The third-order valence-corrected chi connectivity index (χ3v) is 4.88. The van der Waals surface area contributed by atoms with Gasteiger partial charge in [0.2, 0.25) is 0 Å². The molecule has 0 spiro atoms.